The molecule has 5 rings (SSSR count). The van der Waals surface area contributed by atoms with Gasteiger partial charge < -0.3 is 14.0 Å². The third-order valence-electron chi connectivity index (χ3n) is 6.70. The lowest BCUT2D eigenvalue weighted by molar-refractivity contribution is -0.0264. The lowest BCUT2D eigenvalue weighted by atomic mass is 9.68. The molecule has 1 saturated heterocycles. The first kappa shape index (κ1) is 19.8. The molecule has 0 N–H and O–H groups in total. The van der Waals surface area contributed by atoms with Crippen molar-refractivity contribution in [2.24, 2.45) is 5.41 Å². The number of imidazole rings is 1. The summed E-state index contributed by atoms with van der Waals surface area (Å²) in [7, 11) is 1.58. The van der Waals surface area contributed by atoms with Crippen LogP contribution in [0.15, 0.2) is 42.9 Å². The van der Waals surface area contributed by atoms with Crippen molar-refractivity contribution in [3.8, 4) is 5.88 Å². The normalized spacial score (nSPS) is 25.9. The van der Waals surface area contributed by atoms with Gasteiger partial charge >= 0.3 is 6.09 Å². The number of pyridine rings is 1. The number of fused-ring (bicyclic) bond motifs is 1. The zero-order valence-corrected chi connectivity index (χ0v) is 18.3. The number of rotatable bonds is 4. The van der Waals surface area contributed by atoms with Gasteiger partial charge in [0, 0.05) is 12.6 Å². The molecule has 1 spiro atoms. The largest absolute Gasteiger partial charge is 0.481 e. The fourth-order valence-electron chi connectivity index (χ4n) is 5.33. The number of amides is 1. The maximum Gasteiger partial charge on any atom is 0.415 e. The Morgan fingerprint density at radius 2 is 2.06 bits per heavy atom. The van der Waals surface area contributed by atoms with Crippen LogP contribution in [-0.4, -0.2) is 39.9 Å². The van der Waals surface area contributed by atoms with Crippen molar-refractivity contribution in [3.05, 3.63) is 48.4 Å². The summed E-state index contributed by atoms with van der Waals surface area (Å²) in [5.41, 5.74) is 3.71. The zero-order valence-electron chi connectivity index (χ0n) is 18.3. The average molecular weight is 421 g/mol. The zero-order chi connectivity index (χ0) is 21.6. The van der Waals surface area contributed by atoms with Crippen molar-refractivity contribution < 1.29 is 14.3 Å². The van der Waals surface area contributed by atoms with Crippen molar-refractivity contribution in [3.63, 3.8) is 0 Å². The smallest absolute Gasteiger partial charge is 0.415 e. The molecule has 1 aliphatic carbocycles. The molecule has 2 aromatic heterocycles. The molecule has 3 aromatic rings. The molecular weight excluding hydrogens is 392 g/mol. The highest BCUT2D eigenvalue weighted by molar-refractivity contribution is 5.90. The Kier molecular flexibility index (Phi) is 4.64. The van der Waals surface area contributed by atoms with Gasteiger partial charge in [-0.05, 0) is 61.8 Å². The molecule has 3 heterocycles. The summed E-state index contributed by atoms with van der Waals surface area (Å²) in [4.78, 5) is 23.3. The van der Waals surface area contributed by atoms with Crippen molar-refractivity contribution in [2.75, 3.05) is 18.6 Å². The molecule has 2 aliphatic rings. The molecule has 7 nitrogen and oxygen atoms in total. The number of aromatic nitrogens is 3. The van der Waals surface area contributed by atoms with E-state index < -0.39 is 5.60 Å². The highest BCUT2D eigenvalue weighted by atomic mass is 16.6. The molecule has 1 saturated carbocycles. The van der Waals surface area contributed by atoms with E-state index >= 15 is 0 Å². The number of hydrogen-bond acceptors (Lipinski definition) is 5. The average Bonchev–Trinajstić information content (AvgIpc) is 3.27. The molecule has 31 heavy (non-hydrogen) atoms. The number of anilines is 1. The van der Waals surface area contributed by atoms with E-state index in [-0.39, 0.29) is 11.5 Å². The highest BCUT2D eigenvalue weighted by Gasteiger charge is 2.51. The van der Waals surface area contributed by atoms with Gasteiger partial charge in [0.1, 0.15) is 5.60 Å². The van der Waals surface area contributed by atoms with E-state index in [2.05, 4.69) is 46.6 Å². The van der Waals surface area contributed by atoms with Gasteiger partial charge in [-0.15, -0.1) is 0 Å². The first-order chi connectivity index (χ1) is 14.9. The number of ether oxygens (including phenoxy) is 2. The second-order valence-corrected chi connectivity index (χ2v) is 9.40. The van der Waals surface area contributed by atoms with E-state index in [1.807, 2.05) is 12.4 Å². The predicted octanol–water partition coefficient (Wildman–Crippen LogP) is 4.72. The second-order valence-electron chi connectivity index (χ2n) is 9.40. The molecule has 0 bridgehead atoms. The Bertz CT molecular complexity index is 1130. The predicted molar refractivity (Wildman–Crippen MR) is 118 cm³/mol. The molecule has 0 radical (unpaired) electrons. The summed E-state index contributed by atoms with van der Waals surface area (Å²) in [6, 6.07) is 9.99. The van der Waals surface area contributed by atoms with E-state index in [4.69, 9.17) is 9.47 Å². The Morgan fingerprint density at radius 1 is 1.19 bits per heavy atom. The van der Waals surface area contributed by atoms with Crippen molar-refractivity contribution >= 4 is 22.8 Å². The third kappa shape index (κ3) is 3.62. The minimum Gasteiger partial charge on any atom is -0.481 e. The quantitative estimate of drug-likeness (QED) is 0.611. The molecular formula is C24H28N4O3. The topological polar surface area (TPSA) is 69.5 Å². The van der Waals surface area contributed by atoms with Crippen LogP contribution >= 0.6 is 0 Å². The minimum absolute atomic E-state index is 0.0179. The van der Waals surface area contributed by atoms with Gasteiger partial charge in [0.15, 0.2) is 0 Å². The van der Waals surface area contributed by atoms with Crippen molar-refractivity contribution in [2.45, 2.75) is 51.7 Å². The van der Waals surface area contributed by atoms with Gasteiger partial charge in [-0.2, -0.15) is 0 Å². The summed E-state index contributed by atoms with van der Waals surface area (Å²) in [6.45, 7) is 5.82. The van der Waals surface area contributed by atoms with Crippen LogP contribution in [0.4, 0.5) is 10.5 Å². The van der Waals surface area contributed by atoms with Crippen LogP contribution < -0.4 is 9.64 Å². The second kappa shape index (κ2) is 7.25. The molecule has 2 fully saturated rings. The molecule has 2 atom stereocenters. The van der Waals surface area contributed by atoms with Crippen LogP contribution in [0.5, 0.6) is 5.88 Å². The monoisotopic (exact) mass is 420 g/mol. The van der Waals surface area contributed by atoms with E-state index in [0.29, 0.717) is 12.4 Å². The Labute approximate surface area is 182 Å². The van der Waals surface area contributed by atoms with Gasteiger partial charge in [0.2, 0.25) is 5.88 Å². The lowest BCUT2D eigenvalue weighted by Gasteiger charge is -2.43. The highest BCUT2D eigenvalue weighted by Crippen LogP contribution is 2.48. The Hall–Kier alpha value is -3.09. The minimum atomic E-state index is -0.462. The van der Waals surface area contributed by atoms with Gasteiger partial charge in [-0.1, -0.05) is 13.0 Å². The van der Waals surface area contributed by atoms with Crippen molar-refractivity contribution in [1.82, 2.24) is 14.5 Å². The third-order valence-corrected chi connectivity index (χ3v) is 6.70. The first-order valence-electron chi connectivity index (χ1n) is 10.8. The van der Waals surface area contributed by atoms with Gasteiger partial charge in [0.05, 0.1) is 42.9 Å². The molecule has 2 unspecified atom stereocenters. The van der Waals surface area contributed by atoms with Gasteiger partial charge in [-0.3, -0.25) is 4.90 Å². The summed E-state index contributed by atoms with van der Waals surface area (Å²) >= 11 is 0. The van der Waals surface area contributed by atoms with Crippen LogP contribution in [0.2, 0.25) is 0 Å². The maximum absolute atomic E-state index is 12.8. The molecule has 1 amide bonds. The fourth-order valence-corrected chi connectivity index (χ4v) is 5.33. The van der Waals surface area contributed by atoms with E-state index in [0.717, 1.165) is 48.9 Å². The van der Waals surface area contributed by atoms with Crippen LogP contribution in [-0.2, 0) is 11.3 Å². The number of aryl methyl sites for hydroxylation is 1. The van der Waals surface area contributed by atoms with Crippen molar-refractivity contribution in [1.29, 1.82) is 0 Å². The van der Waals surface area contributed by atoms with Crippen LogP contribution in [0.1, 0.15) is 38.2 Å². The summed E-state index contributed by atoms with van der Waals surface area (Å²) in [5.74, 6) is 0.527. The van der Waals surface area contributed by atoms with Crippen LogP contribution in [0.25, 0.3) is 11.0 Å². The Balaban J connectivity index is 1.37. The number of hydrogen-bond donors (Lipinski definition) is 0. The van der Waals surface area contributed by atoms with E-state index in [9.17, 15) is 4.79 Å². The first-order valence-corrected chi connectivity index (χ1v) is 10.8. The number of benzene rings is 1. The molecule has 1 aliphatic heterocycles. The summed E-state index contributed by atoms with van der Waals surface area (Å²) in [5, 5.41) is 0. The fraction of sp³-hybridized carbons (Fsp3) is 0.458. The van der Waals surface area contributed by atoms with Gasteiger partial charge in [0.25, 0.3) is 0 Å². The Morgan fingerprint density at radius 3 is 2.84 bits per heavy atom. The van der Waals surface area contributed by atoms with Crippen LogP contribution in [0.3, 0.4) is 0 Å². The number of methoxy groups -OCH3 is 1. The summed E-state index contributed by atoms with van der Waals surface area (Å²) < 4.78 is 13.4. The van der Waals surface area contributed by atoms with E-state index in [1.165, 1.54) is 5.56 Å². The SMILES string of the molecule is COc1ccc(N2CC3(CCCC(C)(Cn4cnc5ccc(C)cc54)C3)OC2=O)cn1. The number of nitrogens with zero attached hydrogens (tertiary/aromatic N) is 4. The standard InChI is InChI=1S/C24H28N4O3/c1-17-5-7-19-20(11-17)27(16-26-19)14-23(2)9-4-10-24(13-23)15-28(22(29)31-24)18-6-8-21(30-3)25-12-18/h5-8,11-12,16H,4,9-10,13-15H2,1-3H3. The summed E-state index contributed by atoms with van der Waals surface area (Å²) in [6.07, 6.45) is 7.16. The van der Waals surface area contributed by atoms with Crippen LogP contribution in [0, 0.1) is 12.3 Å². The molecule has 7 heteroatoms. The maximum atomic E-state index is 12.8. The van der Waals surface area contributed by atoms with Gasteiger partial charge in [-0.25, -0.2) is 14.8 Å². The number of carbonyl (C=O) groups excluding carboxylic acids is 1. The molecule has 162 valence electrons. The lowest BCUT2D eigenvalue weighted by Crippen LogP contribution is -2.45. The number of carbonyl (C=O) groups is 1. The molecule has 1 aromatic carbocycles. The van der Waals surface area contributed by atoms with E-state index in [1.54, 1.807) is 24.3 Å².